The summed E-state index contributed by atoms with van der Waals surface area (Å²) in [6.07, 6.45) is 1.61. The van der Waals surface area contributed by atoms with Crippen LogP contribution < -0.4 is 15.4 Å². The van der Waals surface area contributed by atoms with E-state index in [1.54, 1.807) is 18.3 Å². The third-order valence-electron chi connectivity index (χ3n) is 3.99. The molecule has 0 saturated carbocycles. The predicted octanol–water partition coefficient (Wildman–Crippen LogP) is 1.67. The van der Waals surface area contributed by atoms with Gasteiger partial charge in [-0.25, -0.2) is 13.1 Å². The number of benzene rings is 2. The van der Waals surface area contributed by atoms with E-state index in [-0.39, 0.29) is 24.0 Å². The van der Waals surface area contributed by atoms with Gasteiger partial charge in [-0.3, -0.25) is 4.79 Å². The van der Waals surface area contributed by atoms with Gasteiger partial charge in [0.05, 0.1) is 17.1 Å². The zero-order valence-corrected chi connectivity index (χ0v) is 14.9. The maximum absolute atomic E-state index is 12.2. The lowest BCUT2D eigenvalue weighted by Gasteiger charge is -2.07. The minimum atomic E-state index is -3.64. The van der Waals surface area contributed by atoms with E-state index < -0.39 is 10.0 Å². The molecule has 8 heteroatoms. The average molecular weight is 373 g/mol. The number of sulfonamides is 1. The quantitative estimate of drug-likeness (QED) is 0.576. The van der Waals surface area contributed by atoms with Gasteiger partial charge in [0.25, 0.3) is 5.91 Å². The molecule has 0 fully saturated rings. The molecule has 0 radical (unpaired) electrons. The Kier molecular flexibility index (Phi) is 5.08. The Bertz CT molecular complexity index is 966. The fourth-order valence-corrected chi connectivity index (χ4v) is 3.74. The first-order chi connectivity index (χ1) is 12.4. The molecule has 0 aliphatic carbocycles. The minimum Gasteiger partial charge on any atom is -0.395 e. The van der Waals surface area contributed by atoms with Crippen LogP contribution in [0.15, 0.2) is 53.6 Å². The van der Waals surface area contributed by atoms with E-state index in [2.05, 4.69) is 15.4 Å². The number of rotatable bonds is 6. The highest BCUT2D eigenvalue weighted by molar-refractivity contribution is 7.89. The topological polar surface area (TPSA) is 108 Å². The zero-order chi connectivity index (χ0) is 18.7. The van der Waals surface area contributed by atoms with Gasteiger partial charge in [0.1, 0.15) is 0 Å². The van der Waals surface area contributed by atoms with E-state index in [0.29, 0.717) is 11.3 Å². The number of aliphatic hydroxyl groups is 1. The Balaban J connectivity index is 1.79. The highest BCUT2D eigenvalue weighted by atomic mass is 32.2. The highest BCUT2D eigenvalue weighted by Crippen LogP contribution is 2.34. The highest BCUT2D eigenvalue weighted by Gasteiger charge is 2.25. The van der Waals surface area contributed by atoms with Crippen LogP contribution in [0.4, 0.5) is 11.4 Å². The molecule has 1 amide bonds. The molecule has 7 nitrogen and oxygen atoms in total. The molecular weight excluding hydrogens is 354 g/mol. The molecule has 1 heterocycles. The number of anilines is 2. The molecule has 3 rings (SSSR count). The summed E-state index contributed by atoms with van der Waals surface area (Å²) in [5.74, 6) is -0.186. The fourth-order valence-electron chi connectivity index (χ4n) is 2.72. The number of aryl methyl sites for hydroxylation is 1. The number of fused-ring (bicyclic) bond motifs is 1. The van der Waals surface area contributed by atoms with Crippen molar-refractivity contribution < 1.29 is 18.3 Å². The van der Waals surface area contributed by atoms with E-state index in [1.807, 2.05) is 25.1 Å². The van der Waals surface area contributed by atoms with Gasteiger partial charge in [-0.2, -0.15) is 0 Å². The van der Waals surface area contributed by atoms with Crippen molar-refractivity contribution >= 4 is 32.9 Å². The largest absolute Gasteiger partial charge is 0.395 e. The lowest BCUT2D eigenvalue weighted by atomic mass is 10.0. The summed E-state index contributed by atoms with van der Waals surface area (Å²) >= 11 is 0. The normalized spacial score (nSPS) is 15.0. The van der Waals surface area contributed by atoms with Crippen LogP contribution in [-0.4, -0.2) is 32.6 Å². The number of carbonyl (C=O) groups excluding carboxylic acids is 1. The summed E-state index contributed by atoms with van der Waals surface area (Å²) in [6.45, 7) is 1.63. The average Bonchev–Trinajstić information content (AvgIpc) is 2.95. The first-order valence-corrected chi connectivity index (χ1v) is 9.49. The van der Waals surface area contributed by atoms with Crippen LogP contribution in [0.1, 0.15) is 11.1 Å². The number of amides is 1. The first-order valence-electron chi connectivity index (χ1n) is 8.01. The lowest BCUT2D eigenvalue weighted by Crippen LogP contribution is -2.26. The second kappa shape index (κ2) is 7.28. The molecule has 1 aliphatic heterocycles. The van der Waals surface area contributed by atoms with Crippen LogP contribution in [-0.2, 0) is 14.8 Å². The number of carbonyl (C=O) groups is 1. The Labute approximate surface area is 151 Å². The Hall–Kier alpha value is -2.68. The monoisotopic (exact) mass is 373 g/mol. The van der Waals surface area contributed by atoms with Crippen LogP contribution in [0.25, 0.3) is 5.57 Å². The number of nitrogens with one attached hydrogen (secondary N) is 3. The van der Waals surface area contributed by atoms with E-state index in [0.717, 1.165) is 16.8 Å². The zero-order valence-electron chi connectivity index (χ0n) is 14.1. The Morgan fingerprint density at radius 1 is 1.15 bits per heavy atom. The van der Waals surface area contributed by atoms with Crippen molar-refractivity contribution in [3.8, 4) is 0 Å². The molecule has 0 aromatic heterocycles. The summed E-state index contributed by atoms with van der Waals surface area (Å²) in [5, 5.41) is 14.6. The third-order valence-corrected chi connectivity index (χ3v) is 5.46. The summed E-state index contributed by atoms with van der Waals surface area (Å²) in [7, 11) is -3.64. The van der Waals surface area contributed by atoms with Crippen molar-refractivity contribution in [2.45, 2.75) is 11.8 Å². The van der Waals surface area contributed by atoms with Gasteiger partial charge >= 0.3 is 0 Å². The predicted molar refractivity (Wildman–Crippen MR) is 100 cm³/mol. The van der Waals surface area contributed by atoms with Gasteiger partial charge in [-0.15, -0.1) is 0 Å². The van der Waals surface area contributed by atoms with Crippen LogP contribution in [0.3, 0.4) is 0 Å². The van der Waals surface area contributed by atoms with Gasteiger partial charge in [-0.05, 0) is 42.8 Å². The van der Waals surface area contributed by atoms with Gasteiger partial charge in [-0.1, -0.05) is 12.1 Å². The van der Waals surface area contributed by atoms with E-state index >= 15 is 0 Å². The summed E-state index contributed by atoms with van der Waals surface area (Å²) < 4.78 is 26.2. The van der Waals surface area contributed by atoms with Gasteiger partial charge in [0.2, 0.25) is 10.0 Å². The third kappa shape index (κ3) is 3.62. The molecule has 1 aliphatic rings. The lowest BCUT2D eigenvalue weighted by molar-refractivity contribution is -0.110. The van der Waals surface area contributed by atoms with Crippen molar-refractivity contribution in [3.05, 3.63) is 59.8 Å². The van der Waals surface area contributed by atoms with Gasteiger partial charge < -0.3 is 15.7 Å². The maximum atomic E-state index is 12.2. The van der Waals surface area contributed by atoms with Crippen molar-refractivity contribution in [1.29, 1.82) is 0 Å². The van der Waals surface area contributed by atoms with Crippen LogP contribution >= 0.6 is 0 Å². The smallest absolute Gasteiger partial charge is 0.257 e. The summed E-state index contributed by atoms with van der Waals surface area (Å²) in [6, 6.07) is 11.8. The standard InChI is InChI=1S/C18H19N3O4S/c1-12-3-2-4-16-17(12)15(18(23)21-16)11-19-13-5-7-14(8-6-13)26(24,25)20-9-10-22/h2-8,11,19-20,22H,9-10H2,1H3,(H,21,23). The molecule has 0 spiro atoms. The molecule has 0 saturated heterocycles. The number of aliphatic hydroxyl groups excluding tert-OH is 1. The van der Waals surface area contributed by atoms with Crippen molar-refractivity contribution in [2.24, 2.45) is 0 Å². The first kappa shape index (κ1) is 18.1. The minimum absolute atomic E-state index is 0.0394. The molecular formula is C18H19N3O4S. The molecule has 0 bridgehead atoms. The molecule has 136 valence electrons. The SMILES string of the molecule is Cc1cccc2c1C(=CNc1ccc(S(=O)(=O)NCCO)cc1)C(=O)N2. The van der Waals surface area contributed by atoms with E-state index in [4.69, 9.17) is 5.11 Å². The van der Waals surface area contributed by atoms with Crippen LogP contribution in [0.5, 0.6) is 0 Å². The van der Waals surface area contributed by atoms with Gasteiger partial charge in [0, 0.05) is 29.7 Å². The van der Waals surface area contributed by atoms with E-state index in [1.165, 1.54) is 12.1 Å². The molecule has 0 atom stereocenters. The van der Waals surface area contributed by atoms with Crippen molar-refractivity contribution in [3.63, 3.8) is 0 Å². The van der Waals surface area contributed by atoms with Crippen molar-refractivity contribution in [1.82, 2.24) is 4.72 Å². The molecule has 26 heavy (non-hydrogen) atoms. The Morgan fingerprint density at radius 2 is 1.88 bits per heavy atom. The number of hydrogen-bond donors (Lipinski definition) is 4. The summed E-state index contributed by atoms with van der Waals surface area (Å²) in [5.41, 5.74) is 3.80. The molecule has 2 aromatic rings. The second-order valence-electron chi connectivity index (χ2n) is 5.80. The molecule has 0 unspecified atom stereocenters. The molecule has 2 aromatic carbocycles. The maximum Gasteiger partial charge on any atom is 0.257 e. The van der Waals surface area contributed by atoms with Crippen molar-refractivity contribution in [2.75, 3.05) is 23.8 Å². The number of hydrogen-bond acceptors (Lipinski definition) is 5. The van der Waals surface area contributed by atoms with Gasteiger partial charge in [0.15, 0.2) is 0 Å². The van der Waals surface area contributed by atoms with E-state index in [9.17, 15) is 13.2 Å². The second-order valence-corrected chi connectivity index (χ2v) is 7.57. The fraction of sp³-hybridized carbons (Fsp3) is 0.167. The van der Waals surface area contributed by atoms with Crippen LogP contribution in [0, 0.1) is 6.92 Å². The summed E-state index contributed by atoms with van der Waals surface area (Å²) in [4.78, 5) is 12.3. The molecule has 4 N–H and O–H groups in total. The Morgan fingerprint density at radius 3 is 2.58 bits per heavy atom. The van der Waals surface area contributed by atoms with Crippen LogP contribution in [0.2, 0.25) is 0 Å².